The molecule has 342 valence electrons. The predicted octanol–water partition coefficient (Wildman–Crippen LogP) is 4.70. The highest BCUT2D eigenvalue weighted by atomic mass is 32.1. The Hall–Kier alpha value is -5.86. The first-order valence-corrected chi connectivity index (χ1v) is 21.2. The highest BCUT2D eigenvalue weighted by Gasteiger charge is 2.52. The number of phenolic OH excluding ortho intramolecular Hbond substituents is 2. The first kappa shape index (κ1) is 47.6. The van der Waals surface area contributed by atoms with Gasteiger partial charge in [0.15, 0.2) is 10.7 Å². The predicted molar refractivity (Wildman–Crippen MR) is 236 cm³/mol. The molecule has 0 fully saturated rings. The Labute approximate surface area is 376 Å². The van der Waals surface area contributed by atoms with E-state index in [9.17, 15) is 24.6 Å². The van der Waals surface area contributed by atoms with E-state index in [1.54, 1.807) is 66.7 Å². The van der Waals surface area contributed by atoms with Gasteiger partial charge in [-0.3, -0.25) is 4.79 Å². The topological polar surface area (TPSA) is 211 Å². The molecule has 1 spiro atoms. The van der Waals surface area contributed by atoms with Crippen molar-refractivity contribution in [1.82, 2.24) is 10.6 Å². The highest BCUT2D eigenvalue weighted by Crippen LogP contribution is 2.53. The number of hydrogen-bond donors (Lipinski definition) is 5. The van der Waals surface area contributed by atoms with Crippen LogP contribution in [0.5, 0.6) is 17.2 Å². The van der Waals surface area contributed by atoms with E-state index in [0.29, 0.717) is 113 Å². The first-order chi connectivity index (χ1) is 31.2. The quantitative estimate of drug-likeness (QED) is 0.0264. The van der Waals surface area contributed by atoms with Crippen molar-refractivity contribution >= 4 is 41.0 Å². The van der Waals surface area contributed by atoms with Crippen LogP contribution in [0.1, 0.15) is 50.2 Å². The number of benzene rings is 4. The van der Waals surface area contributed by atoms with E-state index in [2.05, 4.69) is 16.0 Å². The molecule has 0 atom stereocenters. The van der Waals surface area contributed by atoms with Gasteiger partial charge in [-0.2, -0.15) is 0 Å². The number of thiocarbonyl (C=S) groups is 1. The van der Waals surface area contributed by atoms with Crippen LogP contribution in [0.2, 0.25) is 0 Å². The van der Waals surface area contributed by atoms with Crippen molar-refractivity contribution < 1.29 is 67.2 Å². The molecule has 17 nitrogen and oxygen atoms in total. The number of fused-ring (bicyclic) bond motifs is 6. The zero-order chi connectivity index (χ0) is 45.2. The lowest BCUT2D eigenvalue weighted by atomic mass is 9.71. The Bertz CT molecular complexity index is 2150. The molecule has 0 aromatic heterocycles. The number of rotatable bonds is 25. The normalized spacial score (nSPS) is 13.0. The van der Waals surface area contributed by atoms with Gasteiger partial charge in [0.2, 0.25) is 0 Å². The van der Waals surface area contributed by atoms with Crippen LogP contribution in [0.4, 0.5) is 10.5 Å². The molecule has 2 aliphatic rings. The van der Waals surface area contributed by atoms with Gasteiger partial charge in [0.1, 0.15) is 23.9 Å². The monoisotopic (exact) mass is 903 g/mol. The smallest absolute Gasteiger partial charge is 0.407 e. The van der Waals surface area contributed by atoms with Crippen LogP contribution >= 0.6 is 12.2 Å². The van der Waals surface area contributed by atoms with E-state index in [1.165, 1.54) is 7.05 Å². The first-order valence-electron chi connectivity index (χ1n) is 20.8. The fraction of sp³-hybridized carbons (Fsp3) is 0.391. The van der Waals surface area contributed by atoms with Crippen LogP contribution in [0, 0.1) is 0 Å². The number of hydrogen-bond acceptors (Lipinski definition) is 15. The van der Waals surface area contributed by atoms with Crippen molar-refractivity contribution in [1.29, 1.82) is 0 Å². The maximum Gasteiger partial charge on any atom is 0.407 e. The molecule has 1 aliphatic heterocycles. The third-order valence-corrected chi connectivity index (χ3v) is 10.3. The zero-order valence-corrected chi connectivity index (χ0v) is 36.3. The van der Waals surface area contributed by atoms with Crippen molar-refractivity contribution in [3.8, 4) is 17.2 Å². The number of nitrogens with one attached hydrogen (secondary N) is 3. The van der Waals surface area contributed by atoms with Gasteiger partial charge in [0.25, 0.3) is 0 Å². The summed E-state index contributed by atoms with van der Waals surface area (Å²) >= 11 is 5.48. The number of alkyl carbamates (subject to hydrolysis) is 1. The van der Waals surface area contributed by atoms with Crippen LogP contribution in [0.3, 0.4) is 0 Å². The average molecular weight is 904 g/mol. The molecular weight excluding hydrogens is 851 g/mol. The molecule has 0 saturated carbocycles. The Balaban J connectivity index is 0.733. The number of phenols is 2. The molecule has 4 aromatic rings. The minimum absolute atomic E-state index is 0.0947. The molecule has 1 amide bonds. The Morgan fingerprint density at radius 1 is 0.688 bits per heavy atom. The number of carbonyl (C=O) groups excluding carboxylic acids is 3. The fourth-order valence-corrected chi connectivity index (χ4v) is 7.28. The van der Waals surface area contributed by atoms with E-state index < -0.39 is 23.6 Å². The van der Waals surface area contributed by atoms with Gasteiger partial charge in [-0.25, -0.2) is 9.59 Å². The summed E-state index contributed by atoms with van der Waals surface area (Å²) in [6.45, 7) is 5.18. The van der Waals surface area contributed by atoms with Gasteiger partial charge < -0.3 is 68.8 Å². The number of anilines is 1. The number of ether oxygens (including phenoxy) is 9. The molecule has 4 aromatic carbocycles. The van der Waals surface area contributed by atoms with Crippen LogP contribution in [0.15, 0.2) is 78.9 Å². The summed E-state index contributed by atoms with van der Waals surface area (Å²) < 4.78 is 49.6. The Kier molecular flexibility index (Phi) is 18.1. The molecule has 0 bridgehead atoms. The molecule has 5 N–H and O–H groups in total. The lowest BCUT2D eigenvalue weighted by Crippen LogP contribution is -2.35. The molecule has 0 saturated heterocycles. The molecule has 1 aliphatic carbocycles. The summed E-state index contributed by atoms with van der Waals surface area (Å²) in [6, 6.07) is 22.1. The maximum absolute atomic E-state index is 13.4. The lowest BCUT2D eigenvalue weighted by molar-refractivity contribution is -0.135. The third-order valence-electron chi connectivity index (χ3n) is 10.0. The van der Waals surface area contributed by atoms with Gasteiger partial charge in [-0.05, 0) is 83.9 Å². The van der Waals surface area contributed by atoms with Crippen molar-refractivity contribution in [2.24, 2.45) is 0 Å². The second-order valence-corrected chi connectivity index (χ2v) is 14.8. The minimum Gasteiger partial charge on any atom is -0.508 e. The maximum atomic E-state index is 13.4. The van der Waals surface area contributed by atoms with Gasteiger partial charge in [-0.15, -0.1) is 0 Å². The van der Waals surface area contributed by atoms with Crippen molar-refractivity contribution in [3.63, 3.8) is 0 Å². The summed E-state index contributed by atoms with van der Waals surface area (Å²) in [6.07, 6.45) is 0.0422. The molecule has 0 unspecified atom stereocenters. The zero-order valence-electron chi connectivity index (χ0n) is 35.5. The number of aromatic hydroxyl groups is 2. The number of amides is 1. The lowest BCUT2D eigenvalue weighted by Gasteiger charge is -2.37. The van der Waals surface area contributed by atoms with Crippen LogP contribution in [-0.2, 0) is 61.3 Å². The van der Waals surface area contributed by atoms with Crippen LogP contribution < -0.4 is 20.7 Å². The number of carbonyl (C=O) groups is 3. The van der Waals surface area contributed by atoms with E-state index >= 15 is 0 Å². The van der Waals surface area contributed by atoms with E-state index in [1.807, 2.05) is 12.1 Å². The summed E-state index contributed by atoms with van der Waals surface area (Å²) in [4.78, 5) is 36.6. The summed E-state index contributed by atoms with van der Waals surface area (Å²) in [5.74, 6) is -0.301. The van der Waals surface area contributed by atoms with E-state index in [-0.39, 0.29) is 31.1 Å². The minimum atomic E-state index is -1.22. The molecule has 6 rings (SSSR count). The molecular formula is C46H53N3O14S. The SMILES string of the molecule is CNC(=O)OCc1ccc(OC(=O)CCOCCOCCOCCOCCOCCOCCNC(=S)Nc2ccc3c(c2)C(=O)OC32c3ccc(O)cc3Cc3cc(O)ccc32)cc1. The molecule has 0 radical (unpaired) electrons. The largest absolute Gasteiger partial charge is 0.508 e. The van der Waals surface area contributed by atoms with Gasteiger partial charge in [0, 0.05) is 36.0 Å². The summed E-state index contributed by atoms with van der Waals surface area (Å²) in [7, 11) is 1.48. The van der Waals surface area contributed by atoms with Gasteiger partial charge in [0.05, 0.1) is 91.3 Å². The van der Waals surface area contributed by atoms with E-state index in [4.69, 9.17) is 54.8 Å². The summed E-state index contributed by atoms with van der Waals surface area (Å²) in [5, 5.41) is 29.4. The molecule has 18 heteroatoms. The second-order valence-electron chi connectivity index (χ2n) is 14.4. The number of esters is 2. The van der Waals surface area contributed by atoms with Gasteiger partial charge >= 0.3 is 18.0 Å². The van der Waals surface area contributed by atoms with E-state index in [0.717, 1.165) is 27.8 Å². The van der Waals surface area contributed by atoms with Crippen molar-refractivity contribution in [2.45, 2.75) is 25.0 Å². The molecule has 1 heterocycles. The highest BCUT2D eigenvalue weighted by molar-refractivity contribution is 7.80. The fourth-order valence-electron chi connectivity index (χ4n) is 7.06. The van der Waals surface area contributed by atoms with Gasteiger partial charge in [-0.1, -0.05) is 30.3 Å². The van der Waals surface area contributed by atoms with Crippen LogP contribution in [0.25, 0.3) is 0 Å². The van der Waals surface area contributed by atoms with Crippen LogP contribution in [-0.4, -0.2) is 126 Å². The summed E-state index contributed by atoms with van der Waals surface area (Å²) in [5.41, 5.74) is 4.35. The van der Waals surface area contributed by atoms with Crippen molar-refractivity contribution in [2.75, 3.05) is 98.2 Å². The third kappa shape index (κ3) is 13.3. The molecule has 64 heavy (non-hydrogen) atoms. The standard InChI is InChI=1S/C46H53N3O14S/c1-47-45(54)61-30-31-2-7-37(8-3-31)62-42(52)12-14-55-16-18-57-20-22-59-24-25-60-23-21-58-19-17-56-15-13-48-44(64)49-34-4-9-41-38(29-34)43(53)63-46(41)39-10-5-35(50)27-32(39)26-33-28-36(51)6-11-40(33)46/h2-11,27-29,50-51H,12-26,30H2,1H3,(H,47,54)(H2,48,49,64). The Morgan fingerprint density at radius 2 is 1.22 bits per heavy atom. The second kappa shape index (κ2) is 24.3. The Morgan fingerprint density at radius 3 is 1.78 bits per heavy atom. The average Bonchev–Trinajstić information content (AvgIpc) is 3.57. The van der Waals surface area contributed by atoms with Crippen molar-refractivity contribution in [3.05, 3.63) is 118 Å².